The minimum Gasteiger partial charge on any atom is -0.495 e. The van der Waals surface area contributed by atoms with Crippen molar-refractivity contribution in [3.05, 3.63) is 53.3 Å². The van der Waals surface area contributed by atoms with Gasteiger partial charge in [0.2, 0.25) is 10.0 Å². The first-order chi connectivity index (χ1) is 14.4. The lowest BCUT2D eigenvalue weighted by atomic mass is 10.2. The van der Waals surface area contributed by atoms with Crippen LogP contribution in [0.15, 0.2) is 41.3 Å². The monoisotopic (exact) mass is 439 g/mol. The third kappa shape index (κ3) is 4.72. The number of nitrogens with zero attached hydrogens (tertiary/aromatic N) is 1. The molecule has 0 atom stereocenters. The first-order valence-corrected chi connectivity index (χ1v) is 10.6. The Kier molecular flexibility index (Phi) is 6.91. The van der Waals surface area contributed by atoms with E-state index in [0.717, 1.165) is 0 Å². The molecule has 0 spiro atoms. The van der Waals surface area contributed by atoms with Crippen LogP contribution in [0.2, 0.25) is 0 Å². The van der Waals surface area contributed by atoms with E-state index in [1.165, 1.54) is 48.9 Å². The summed E-state index contributed by atoms with van der Waals surface area (Å²) in [5.74, 6) is -1.12. The Morgan fingerprint density at radius 2 is 1.73 bits per heavy atom. The summed E-state index contributed by atoms with van der Waals surface area (Å²) >= 11 is 0. The molecule has 0 radical (unpaired) electrons. The number of hydrogen-bond acceptors (Lipinski definition) is 7. The van der Waals surface area contributed by atoms with Gasteiger partial charge in [0.25, 0.3) is 0 Å². The van der Waals surface area contributed by atoms with Gasteiger partial charge in [-0.05, 0) is 35.9 Å². The van der Waals surface area contributed by atoms with Crippen LogP contribution in [0.25, 0.3) is 0 Å². The average molecular weight is 439 g/mol. The van der Waals surface area contributed by atoms with Crippen molar-refractivity contribution < 1.29 is 36.6 Å². The maximum absolute atomic E-state index is 13.8. The number of halogens is 1. The van der Waals surface area contributed by atoms with Gasteiger partial charge >= 0.3 is 5.97 Å². The first kappa shape index (κ1) is 22.0. The molecule has 2 aromatic rings. The molecule has 0 amide bonds. The smallest absolute Gasteiger partial charge is 0.338 e. The number of hydrogen-bond donors (Lipinski definition) is 0. The lowest BCUT2D eigenvalue weighted by Gasteiger charge is -2.26. The van der Waals surface area contributed by atoms with Crippen molar-refractivity contribution >= 4 is 16.0 Å². The summed E-state index contributed by atoms with van der Waals surface area (Å²) in [7, 11) is -1.18. The molecule has 1 aliphatic rings. The van der Waals surface area contributed by atoms with E-state index in [9.17, 15) is 17.6 Å². The van der Waals surface area contributed by atoms with Gasteiger partial charge in [0, 0.05) is 13.1 Å². The minimum absolute atomic E-state index is 0.0385. The van der Waals surface area contributed by atoms with Crippen LogP contribution in [0.3, 0.4) is 0 Å². The molecule has 162 valence electrons. The molecule has 0 unspecified atom stereocenters. The van der Waals surface area contributed by atoms with Crippen LogP contribution < -0.4 is 9.47 Å². The number of carbonyl (C=O) groups excluding carboxylic acids is 1. The third-order valence-electron chi connectivity index (χ3n) is 4.57. The molecule has 0 aliphatic carbocycles. The van der Waals surface area contributed by atoms with E-state index in [1.807, 2.05) is 0 Å². The Labute approximate surface area is 174 Å². The molecule has 0 N–H and O–H groups in total. The summed E-state index contributed by atoms with van der Waals surface area (Å²) < 4.78 is 61.5. The molecule has 1 saturated heterocycles. The van der Waals surface area contributed by atoms with Gasteiger partial charge in [0.15, 0.2) is 11.6 Å². The summed E-state index contributed by atoms with van der Waals surface area (Å²) in [5.41, 5.74) is 0.466. The summed E-state index contributed by atoms with van der Waals surface area (Å²) in [4.78, 5) is 12.3. The average Bonchev–Trinajstić information content (AvgIpc) is 2.77. The molecule has 1 heterocycles. The molecule has 1 aliphatic heterocycles. The van der Waals surface area contributed by atoms with Gasteiger partial charge in [-0.1, -0.05) is 6.07 Å². The maximum Gasteiger partial charge on any atom is 0.338 e. The normalized spacial score (nSPS) is 14.9. The van der Waals surface area contributed by atoms with Crippen molar-refractivity contribution in [2.24, 2.45) is 0 Å². The predicted molar refractivity (Wildman–Crippen MR) is 105 cm³/mol. The first-order valence-electron chi connectivity index (χ1n) is 9.12. The van der Waals surface area contributed by atoms with E-state index >= 15 is 0 Å². The fourth-order valence-corrected chi connectivity index (χ4v) is 4.55. The SMILES string of the molecule is COc1ccc(COC(=O)c2ccc(OC)c(S(=O)(=O)N3CCOCC3)c2)cc1F. The zero-order valence-corrected chi connectivity index (χ0v) is 17.4. The van der Waals surface area contributed by atoms with Gasteiger partial charge in [-0.3, -0.25) is 0 Å². The van der Waals surface area contributed by atoms with Gasteiger partial charge < -0.3 is 18.9 Å². The molecule has 0 saturated carbocycles. The molecule has 2 aromatic carbocycles. The number of morpholine rings is 1. The van der Waals surface area contributed by atoms with Gasteiger partial charge in [0.05, 0.1) is 33.0 Å². The Morgan fingerprint density at radius 1 is 1.07 bits per heavy atom. The second-order valence-electron chi connectivity index (χ2n) is 6.43. The number of rotatable bonds is 7. The zero-order chi connectivity index (χ0) is 21.7. The highest BCUT2D eigenvalue weighted by Gasteiger charge is 2.30. The van der Waals surface area contributed by atoms with Gasteiger partial charge in [0.1, 0.15) is 17.3 Å². The number of benzene rings is 2. The van der Waals surface area contributed by atoms with E-state index in [-0.39, 0.29) is 41.7 Å². The van der Waals surface area contributed by atoms with Crippen LogP contribution in [0.4, 0.5) is 4.39 Å². The fraction of sp³-hybridized carbons (Fsp3) is 0.350. The number of sulfonamides is 1. The Bertz CT molecular complexity index is 1020. The largest absolute Gasteiger partial charge is 0.495 e. The summed E-state index contributed by atoms with van der Waals surface area (Å²) in [6, 6.07) is 8.23. The van der Waals surface area contributed by atoms with E-state index in [1.54, 1.807) is 6.07 Å². The Balaban J connectivity index is 1.80. The second kappa shape index (κ2) is 9.41. The van der Waals surface area contributed by atoms with Crippen molar-refractivity contribution in [3.8, 4) is 11.5 Å². The van der Waals surface area contributed by atoms with Crippen LogP contribution in [0.1, 0.15) is 15.9 Å². The van der Waals surface area contributed by atoms with Crippen molar-refractivity contribution in [3.63, 3.8) is 0 Å². The van der Waals surface area contributed by atoms with Crippen LogP contribution in [0, 0.1) is 5.82 Å². The van der Waals surface area contributed by atoms with Crippen molar-refractivity contribution in [2.45, 2.75) is 11.5 Å². The Hall–Kier alpha value is -2.69. The van der Waals surface area contributed by atoms with E-state index in [0.29, 0.717) is 18.8 Å². The molecular weight excluding hydrogens is 417 g/mol. The fourth-order valence-electron chi connectivity index (χ4n) is 2.96. The quantitative estimate of drug-likeness (QED) is 0.611. The minimum atomic E-state index is -3.88. The highest BCUT2D eigenvalue weighted by Crippen LogP contribution is 2.29. The lowest BCUT2D eigenvalue weighted by Crippen LogP contribution is -2.40. The van der Waals surface area contributed by atoms with Crippen LogP contribution in [-0.2, 0) is 26.1 Å². The summed E-state index contributed by atoms with van der Waals surface area (Å²) in [6.07, 6.45) is 0. The molecular formula is C20H22FNO7S. The number of carbonyl (C=O) groups is 1. The predicted octanol–water partition coefficient (Wildman–Crippen LogP) is 2.22. The second-order valence-corrected chi connectivity index (χ2v) is 8.33. The van der Waals surface area contributed by atoms with Crippen LogP contribution >= 0.6 is 0 Å². The molecule has 0 bridgehead atoms. The van der Waals surface area contributed by atoms with Crippen LogP contribution in [-0.4, -0.2) is 59.2 Å². The third-order valence-corrected chi connectivity index (χ3v) is 6.49. The number of esters is 1. The van der Waals surface area contributed by atoms with E-state index in [4.69, 9.17) is 18.9 Å². The maximum atomic E-state index is 13.8. The topological polar surface area (TPSA) is 91.4 Å². The molecule has 30 heavy (non-hydrogen) atoms. The molecule has 0 aromatic heterocycles. The van der Waals surface area contributed by atoms with Crippen molar-refractivity contribution in [1.82, 2.24) is 4.31 Å². The molecule has 1 fully saturated rings. The Morgan fingerprint density at radius 3 is 2.37 bits per heavy atom. The van der Waals surface area contributed by atoms with E-state index in [2.05, 4.69) is 0 Å². The summed E-state index contributed by atoms with van der Waals surface area (Å²) in [5, 5.41) is 0. The van der Waals surface area contributed by atoms with Gasteiger partial charge in [-0.15, -0.1) is 0 Å². The molecule has 3 rings (SSSR count). The van der Waals surface area contributed by atoms with Crippen molar-refractivity contribution in [2.75, 3.05) is 40.5 Å². The number of methoxy groups -OCH3 is 2. The standard InChI is InChI=1S/C20H22FNO7S/c1-26-17-5-3-14(11-16(17)21)13-29-20(23)15-4-6-18(27-2)19(12-15)30(24,25)22-7-9-28-10-8-22/h3-6,11-12H,7-10,13H2,1-2H3. The molecule has 10 heteroatoms. The zero-order valence-electron chi connectivity index (χ0n) is 16.6. The highest BCUT2D eigenvalue weighted by atomic mass is 32.2. The number of ether oxygens (including phenoxy) is 4. The van der Waals surface area contributed by atoms with E-state index < -0.39 is 21.8 Å². The van der Waals surface area contributed by atoms with Crippen LogP contribution in [0.5, 0.6) is 11.5 Å². The molecule has 8 nitrogen and oxygen atoms in total. The highest BCUT2D eigenvalue weighted by molar-refractivity contribution is 7.89. The lowest BCUT2D eigenvalue weighted by molar-refractivity contribution is 0.0472. The summed E-state index contributed by atoms with van der Waals surface area (Å²) in [6.45, 7) is 0.827. The van der Waals surface area contributed by atoms with Crippen molar-refractivity contribution in [1.29, 1.82) is 0 Å². The van der Waals surface area contributed by atoms with Gasteiger partial charge in [-0.2, -0.15) is 4.31 Å². The van der Waals surface area contributed by atoms with Gasteiger partial charge in [-0.25, -0.2) is 17.6 Å².